The summed E-state index contributed by atoms with van der Waals surface area (Å²) in [6.45, 7) is 6.56. The number of anilines is 2. The molecule has 0 saturated carbocycles. The molecule has 2 aromatic heterocycles. The van der Waals surface area contributed by atoms with Crippen LogP contribution in [-0.2, 0) is 9.53 Å². The van der Waals surface area contributed by atoms with Crippen LogP contribution in [0.4, 0.5) is 25.1 Å². The lowest BCUT2D eigenvalue weighted by Crippen LogP contribution is -2.51. The Kier molecular flexibility index (Phi) is 10.0. The van der Waals surface area contributed by atoms with Crippen molar-refractivity contribution in [2.45, 2.75) is 26.4 Å². The number of pyridine rings is 1. The molecule has 1 aliphatic heterocycles. The molecule has 3 N–H and O–H groups in total. The first-order chi connectivity index (χ1) is 23.3. The molecule has 1 aliphatic rings. The van der Waals surface area contributed by atoms with Crippen molar-refractivity contribution >= 4 is 35.5 Å². The van der Waals surface area contributed by atoms with Crippen LogP contribution < -0.4 is 21.3 Å². The first kappa shape index (κ1) is 34.2. The van der Waals surface area contributed by atoms with Crippen LogP contribution >= 0.6 is 0 Å². The van der Waals surface area contributed by atoms with Gasteiger partial charge < -0.3 is 30.3 Å². The summed E-state index contributed by atoms with van der Waals surface area (Å²) < 4.78 is 40.6. The van der Waals surface area contributed by atoms with E-state index in [9.17, 15) is 23.6 Å². The Balaban J connectivity index is 1.24. The molecule has 5 rings (SSSR count). The third kappa shape index (κ3) is 8.43. The van der Waals surface area contributed by atoms with Gasteiger partial charge in [-0.3, -0.25) is 14.4 Å². The first-order valence-corrected chi connectivity index (χ1v) is 15.1. The van der Waals surface area contributed by atoms with Gasteiger partial charge in [0.25, 0.3) is 11.5 Å². The first-order valence-electron chi connectivity index (χ1n) is 15.1. The fourth-order valence-electron chi connectivity index (χ4n) is 4.75. The zero-order valence-electron chi connectivity index (χ0n) is 26.9. The molecule has 0 radical (unpaired) electrons. The Labute approximate surface area is 279 Å². The Morgan fingerprint density at radius 3 is 2.29 bits per heavy atom. The second-order valence-corrected chi connectivity index (χ2v) is 11.9. The Bertz CT molecular complexity index is 1970. The lowest BCUT2D eigenvalue weighted by atomic mass is 10.2. The van der Waals surface area contributed by atoms with Crippen LogP contribution in [0.3, 0.4) is 0 Å². The Morgan fingerprint density at radius 1 is 0.918 bits per heavy atom. The maximum atomic E-state index is 15.2. The summed E-state index contributed by atoms with van der Waals surface area (Å²) in [6, 6.07) is 11.3. The number of nitrogens with two attached hydrogens (primary N) is 1. The minimum Gasteiger partial charge on any atom is -0.453 e. The van der Waals surface area contributed by atoms with Gasteiger partial charge in [0.2, 0.25) is 5.91 Å². The van der Waals surface area contributed by atoms with Gasteiger partial charge in [-0.05, 0) is 75.4 Å². The largest absolute Gasteiger partial charge is 0.453 e. The van der Waals surface area contributed by atoms with E-state index in [-0.39, 0.29) is 45.7 Å². The van der Waals surface area contributed by atoms with E-state index in [0.717, 1.165) is 22.9 Å². The maximum Gasteiger partial charge on any atom is 0.410 e. The highest BCUT2D eigenvalue weighted by atomic mass is 19.1. The monoisotopic (exact) mass is 673 g/mol. The molecule has 2 aromatic carbocycles. The Hall–Kier alpha value is -6.12. The number of piperazine rings is 1. The van der Waals surface area contributed by atoms with Crippen molar-refractivity contribution in [3.8, 4) is 17.2 Å². The molecular formula is C34H33F2N7O6. The van der Waals surface area contributed by atoms with E-state index in [1.54, 1.807) is 30.6 Å². The van der Waals surface area contributed by atoms with E-state index < -0.39 is 34.8 Å². The number of halogens is 2. The lowest BCUT2D eigenvalue weighted by molar-refractivity contribution is -0.127. The van der Waals surface area contributed by atoms with Crippen LogP contribution in [0.2, 0.25) is 0 Å². The molecule has 1 saturated heterocycles. The van der Waals surface area contributed by atoms with Gasteiger partial charge in [0.15, 0.2) is 11.6 Å². The predicted octanol–water partition coefficient (Wildman–Crippen LogP) is 4.63. The molecule has 4 aromatic rings. The van der Waals surface area contributed by atoms with Gasteiger partial charge in [-0.25, -0.2) is 18.6 Å². The fraction of sp³-hybridized carbons (Fsp3) is 0.235. The molecule has 254 valence electrons. The van der Waals surface area contributed by atoms with Crippen LogP contribution in [0.25, 0.3) is 11.8 Å². The smallest absolute Gasteiger partial charge is 0.410 e. The highest BCUT2D eigenvalue weighted by Crippen LogP contribution is 2.32. The van der Waals surface area contributed by atoms with Crippen LogP contribution in [0, 0.1) is 11.6 Å². The number of carbonyl (C=O) groups excluding carboxylic acids is 3. The molecular weight excluding hydrogens is 640 g/mol. The van der Waals surface area contributed by atoms with Crippen molar-refractivity contribution in [2.24, 2.45) is 0 Å². The van der Waals surface area contributed by atoms with Gasteiger partial charge >= 0.3 is 6.09 Å². The van der Waals surface area contributed by atoms with E-state index in [1.807, 2.05) is 0 Å². The number of nitrogens with zero attached hydrogens (tertiary/aromatic N) is 5. The predicted molar refractivity (Wildman–Crippen MR) is 176 cm³/mol. The summed E-state index contributed by atoms with van der Waals surface area (Å²) in [5.41, 5.74) is 4.92. The number of rotatable bonds is 7. The summed E-state index contributed by atoms with van der Waals surface area (Å²) in [5, 5.41) is 6.41. The third-order valence-corrected chi connectivity index (χ3v) is 7.19. The van der Waals surface area contributed by atoms with Crippen molar-refractivity contribution in [1.82, 2.24) is 24.6 Å². The average Bonchev–Trinajstić information content (AvgIpc) is 3.05. The summed E-state index contributed by atoms with van der Waals surface area (Å²) in [6.07, 6.45) is 4.87. The second-order valence-electron chi connectivity index (χ2n) is 11.9. The van der Waals surface area contributed by atoms with Crippen LogP contribution in [0.15, 0.2) is 77.9 Å². The minimum absolute atomic E-state index is 0.0317. The lowest BCUT2D eigenvalue weighted by Gasteiger charge is -2.35. The van der Waals surface area contributed by atoms with Crippen LogP contribution in [0.1, 0.15) is 36.7 Å². The van der Waals surface area contributed by atoms with E-state index in [2.05, 4.69) is 15.4 Å². The van der Waals surface area contributed by atoms with Gasteiger partial charge in [0.05, 0.1) is 11.3 Å². The fourth-order valence-corrected chi connectivity index (χ4v) is 4.75. The van der Waals surface area contributed by atoms with Crippen LogP contribution in [0.5, 0.6) is 11.5 Å². The molecule has 3 heterocycles. The zero-order chi connectivity index (χ0) is 35.3. The molecule has 0 aliphatic carbocycles. The SMILES string of the molecule is CC(C)(C)OC(=O)N1CCN(C(=O)C=Cc2c(Oc3ccc(NC(=O)c4ccnn(-c5ccc(F)cc5)c4=O)cc3F)ccnc2N)CC1. The summed E-state index contributed by atoms with van der Waals surface area (Å²) in [7, 11) is 0. The van der Waals surface area contributed by atoms with Crippen molar-refractivity contribution in [3.05, 3.63) is 106 Å². The summed E-state index contributed by atoms with van der Waals surface area (Å²) >= 11 is 0. The average molecular weight is 674 g/mol. The minimum atomic E-state index is -0.847. The molecule has 1 fully saturated rings. The third-order valence-electron chi connectivity index (χ3n) is 7.19. The van der Waals surface area contributed by atoms with Gasteiger partial charge in [-0.15, -0.1) is 0 Å². The molecule has 0 unspecified atom stereocenters. The van der Waals surface area contributed by atoms with E-state index >= 15 is 4.39 Å². The summed E-state index contributed by atoms with van der Waals surface area (Å²) in [4.78, 5) is 58.3. The summed E-state index contributed by atoms with van der Waals surface area (Å²) in [5.74, 6) is -2.57. The molecule has 49 heavy (non-hydrogen) atoms. The number of benzene rings is 2. The van der Waals surface area contributed by atoms with Gasteiger partial charge in [0.1, 0.15) is 28.5 Å². The molecule has 0 spiro atoms. The van der Waals surface area contributed by atoms with Crippen molar-refractivity contribution in [1.29, 1.82) is 0 Å². The highest BCUT2D eigenvalue weighted by Gasteiger charge is 2.27. The van der Waals surface area contributed by atoms with Gasteiger partial charge in [-0.1, -0.05) is 0 Å². The number of nitrogen functional groups attached to an aromatic ring is 1. The quantitative estimate of drug-likeness (QED) is 0.267. The van der Waals surface area contributed by atoms with E-state index in [4.69, 9.17) is 15.2 Å². The normalized spacial score (nSPS) is 13.3. The Morgan fingerprint density at radius 2 is 1.61 bits per heavy atom. The molecule has 13 nitrogen and oxygen atoms in total. The molecule has 0 atom stereocenters. The van der Waals surface area contributed by atoms with Gasteiger partial charge in [-0.2, -0.15) is 9.78 Å². The number of aromatic nitrogens is 3. The molecule has 3 amide bonds. The van der Waals surface area contributed by atoms with E-state index in [1.165, 1.54) is 60.9 Å². The topological polar surface area (TPSA) is 162 Å². The molecule has 15 heteroatoms. The van der Waals surface area contributed by atoms with E-state index in [0.29, 0.717) is 26.2 Å². The number of ether oxygens (including phenoxy) is 2. The zero-order valence-corrected chi connectivity index (χ0v) is 26.9. The van der Waals surface area contributed by atoms with Crippen molar-refractivity contribution in [2.75, 3.05) is 37.2 Å². The number of hydrogen-bond acceptors (Lipinski definition) is 9. The highest BCUT2D eigenvalue weighted by molar-refractivity contribution is 6.04. The molecule has 0 bridgehead atoms. The maximum absolute atomic E-state index is 15.2. The van der Waals surface area contributed by atoms with Crippen LogP contribution in [-0.4, -0.2) is 74.3 Å². The van der Waals surface area contributed by atoms with Crippen molar-refractivity contribution < 1.29 is 32.6 Å². The number of nitrogens with one attached hydrogen (secondary N) is 1. The number of hydrogen-bond donors (Lipinski definition) is 2. The standard InChI is InChI=1S/C34H33F2N7O6/c1-34(2,3)49-33(47)42-18-16-41(17-19-42)29(44)11-9-24-27(13-14-38-30(24)37)48-28-10-6-22(20-26(28)36)40-31(45)25-12-15-39-43(32(25)46)23-7-4-21(35)5-8-23/h4-15,20H,16-19H2,1-3H3,(H2,37,38)(H,40,45). The van der Waals surface area contributed by atoms with Crippen molar-refractivity contribution in [3.63, 3.8) is 0 Å². The van der Waals surface area contributed by atoms with Gasteiger partial charge in [0, 0.05) is 56.4 Å². The number of carbonyl (C=O) groups is 3. The number of amides is 3. The second kappa shape index (κ2) is 14.3.